The van der Waals surface area contributed by atoms with Crippen molar-refractivity contribution in [3.63, 3.8) is 0 Å². The zero-order valence-corrected chi connectivity index (χ0v) is 81.1. The molecule has 33 N–H and O–H groups in total. The molecular formula is C88H142N24O27S. The van der Waals surface area contributed by atoms with Crippen molar-refractivity contribution in [3.05, 3.63) is 71.8 Å². The molecule has 52 heteroatoms. The van der Waals surface area contributed by atoms with Crippen molar-refractivity contribution in [1.29, 1.82) is 5.41 Å². The third-order valence-electron chi connectivity index (χ3n) is 21.8. The Labute approximate surface area is 815 Å². The monoisotopic (exact) mass is 2000 g/mol. The number of carboxylic acid groups (broad SMARTS) is 1. The lowest BCUT2D eigenvalue weighted by atomic mass is 10.00. The summed E-state index contributed by atoms with van der Waals surface area (Å²) in [6.45, 7) is 8.25. The molecule has 3 rings (SSSR count). The normalized spacial score (nSPS) is 15.9. The van der Waals surface area contributed by atoms with E-state index >= 15 is 0 Å². The second-order valence-electron chi connectivity index (χ2n) is 35.1. The van der Waals surface area contributed by atoms with Crippen LogP contribution in [-0.4, -0.2) is 352 Å². The third kappa shape index (κ3) is 42.9. The number of carboxylic acids is 1. The number of aliphatic hydroxyl groups is 6. The predicted molar refractivity (Wildman–Crippen MR) is 506 cm³/mol. The number of hydrogen-bond acceptors (Lipinski definition) is 30. The maximum absolute atomic E-state index is 14.5. The summed E-state index contributed by atoms with van der Waals surface area (Å²) >= 11 is 4.21. The molecule has 2 aromatic carbocycles. The van der Waals surface area contributed by atoms with E-state index in [4.69, 9.17) is 22.6 Å². The molecule has 51 nitrogen and oxygen atoms in total. The maximum Gasteiger partial charge on any atom is 0.328 e. The molecule has 18 atom stereocenters. The number of rotatable bonds is 63. The Morgan fingerprint density at radius 3 is 1.26 bits per heavy atom. The van der Waals surface area contributed by atoms with Crippen molar-refractivity contribution < 1.29 is 132 Å². The second-order valence-corrected chi connectivity index (χ2v) is 35.4. The largest absolute Gasteiger partial charge is 0.480 e. The van der Waals surface area contributed by atoms with Crippen molar-refractivity contribution in [2.45, 2.75) is 249 Å². The van der Waals surface area contributed by atoms with Gasteiger partial charge in [-0.3, -0.25) is 96.5 Å². The number of benzene rings is 2. The van der Waals surface area contributed by atoms with Gasteiger partial charge in [0.2, 0.25) is 112 Å². The number of hydrogen-bond donors (Lipinski definition) is 31. The maximum atomic E-state index is 14.5. The van der Waals surface area contributed by atoms with Crippen molar-refractivity contribution in [3.8, 4) is 0 Å². The molecule has 1 aliphatic rings. The Kier molecular flexibility index (Phi) is 54.5. The summed E-state index contributed by atoms with van der Waals surface area (Å²) in [5.74, 6) is -23.1. The number of aliphatic carboxylic acids is 1. The lowest BCUT2D eigenvalue weighted by molar-refractivity contribution is -0.143. The minimum absolute atomic E-state index is 0.0128. The van der Waals surface area contributed by atoms with Gasteiger partial charge in [0.25, 0.3) is 0 Å². The molecule has 0 bridgehead atoms. The third-order valence-corrected chi connectivity index (χ3v) is 22.2. The van der Waals surface area contributed by atoms with Crippen LogP contribution >= 0.6 is 12.6 Å². The van der Waals surface area contributed by atoms with Crippen LogP contribution in [0.1, 0.15) is 138 Å². The standard InChI is InChI=1S/C88H142N24O27S/c1-44(2)31-54(103-78(129)59(39-114)99-66(120)36-94-65(119)35-96-82(133)64-27-20-30-112(64)86(137)53(25-17-18-28-89)101-83(134)68(90)46(5)6)74(125)100-52(26-19-29-93-88(91)92)73(124)102-55(32-45(3)4)75(126)106-61(41-116)80(131)109-63(43-140)81(132)110-69(47(7)8)84(135)97-48(9)71(122)105-58(38-113)72(123)95-37-67(121)98-56(33-50-21-13-11-14-22-50)77(128)111-70(49(10)118)85(136)104-57(34-51-23-15-12-16-24-51)76(127)107-60(40-115)79(130)108-62(42-117)87(138)139/h11-16,21-24,44-49,52-64,68-70,113-118,140H,17-20,25-43,89-90H2,1-10H3,(H,94,119)(H,95,123)(H,96,133)(H,97,135)(H,98,121)(H,99,120)(H,100,125)(H,101,134)(H,102,124)(H,103,129)(H,104,136)(H,105,122)(H,106,126)(H,107,127)(H,108,130)(H,109,131)(H,110,132)(H,111,128)(H,138,139)(H4,91,92,93)/t48-,49+,52-,53-,54-,55-,56-,57-,58-,59-,60-,61-,62-,63-,64-,68-,69-,70-/m0/s1. The first-order valence-corrected chi connectivity index (χ1v) is 46.6. The molecule has 1 saturated heterocycles. The van der Waals surface area contributed by atoms with Crippen LogP contribution in [0.3, 0.4) is 0 Å². The highest BCUT2D eigenvalue weighted by Gasteiger charge is 2.42. The quantitative estimate of drug-likeness (QED) is 0.0127. The summed E-state index contributed by atoms with van der Waals surface area (Å²) < 4.78 is 0. The summed E-state index contributed by atoms with van der Waals surface area (Å²) in [5.41, 5.74) is 18.1. The van der Waals surface area contributed by atoms with Gasteiger partial charge in [0.15, 0.2) is 5.96 Å². The van der Waals surface area contributed by atoms with Crippen LogP contribution in [0.2, 0.25) is 0 Å². The van der Waals surface area contributed by atoms with Crippen molar-refractivity contribution in [2.24, 2.45) is 40.9 Å². The molecule has 782 valence electrons. The number of nitrogens with one attached hydrogen (secondary N) is 20. The summed E-state index contributed by atoms with van der Waals surface area (Å²) in [5, 5.41) is 124. The van der Waals surface area contributed by atoms with Crippen LogP contribution in [-0.2, 0) is 109 Å². The van der Waals surface area contributed by atoms with Crippen LogP contribution in [0.4, 0.5) is 0 Å². The van der Waals surface area contributed by atoms with E-state index in [2.05, 4.69) is 108 Å². The minimum atomic E-state index is -1.88. The smallest absolute Gasteiger partial charge is 0.328 e. The van der Waals surface area contributed by atoms with Gasteiger partial charge in [0.1, 0.15) is 96.7 Å². The molecule has 0 unspecified atom stereocenters. The van der Waals surface area contributed by atoms with Crippen molar-refractivity contribution in [2.75, 3.05) is 78.1 Å². The fourth-order valence-electron chi connectivity index (χ4n) is 13.9. The molecule has 2 aromatic rings. The van der Waals surface area contributed by atoms with Crippen LogP contribution < -0.4 is 118 Å². The average Bonchev–Trinajstić information content (AvgIpc) is 1.66. The SMILES string of the molecule is CC(C)C[C@H](NC(=O)[C@H](CO)NC(=O)CNC(=O)CNC(=O)[C@@H]1CCCN1C(=O)[C@H](CCCCN)NC(=O)[C@@H](N)C(C)C)C(=O)N[C@@H](CCCNC(=N)N)C(=O)N[C@@H](CC(C)C)C(=O)N[C@@H](CO)C(=O)N[C@@H](CS)C(=O)N[C@H](C(=O)N[C@@H](C)C(=O)N[C@@H](CO)C(=O)NCC(=O)N[C@@H](Cc1ccccc1)C(=O)N[C@H](C(=O)N[C@@H](Cc1ccccc1)C(=O)N[C@@H](CO)C(=O)N[C@@H](CO)C(=O)O)[C@@H](C)O)C(C)C. The molecule has 1 heterocycles. The number of nitrogens with two attached hydrogens (primary N) is 3. The van der Waals surface area contributed by atoms with E-state index in [1.807, 2.05) is 5.32 Å². The first kappa shape index (κ1) is 121. The lowest BCUT2D eigenvalue weighted by Crippen LogP contribution is -2.62. The molecule has 0 radical (unpaired) electrons. The Morgan fingerprint density at radius 1 is 0.407 bits per heavy atom. The highest BCUT2D eigenvalue weighted by Crippen LogP contribution is 2.22. The Bertz CT molecular complexity index is 4490. The lowest BCUT2D eigenvalue weighted by Gasteiger charge is -2.29. The first-order chi connectivity index (χ1) is 66.1. The molecule has 19 amide bonds. The van der Waals surface area contributed by atoms with Crippen molar-refractivity contribution >= 4 is 137 Å². The topological polar surface area (TPSA) is 817 Å². The zero-order valence-electron chi connectivity index (χ0n) is 80.2. The Morgan fingerprint density at radius 2 is 0.793 bits per heavy atom. The number of carbonyl (C=O) groups is 20. The minimum Gasteiger partial charge on any atom is -0.480 e. The molecule has 0 aliphatic carbocycles. The van der Waals surface area contributed by atoms with E-state index in [9.17, 15) is 132 Å². The van der Waals surface area contributed by atoms with Gasteiger partial charge in [-0.2, -0.15) is 12.6 Å². The second kappa shape index (κ2) is 63.0. The van der Waals surface area contributed by atoms with Gasteiger partial charge in [-0.1, -0.05) is 116 Å². The van der Waals surface area contributed by atoms with E-state index in [1.165, 1.54) is 25.7 Å². The van der Waals surface area contributed by atoms with Gasteiger partial charge in [-0.05, 0) is 113 Å². The fraction of sp³-hybridized carbons (Fsp3) is 0.625. The van der Waals surface area contributed by atoms with E-state index < -0.39 is 297 Å². The predicted octanol–water partition coefficient (Wildman–Crippen LogP) is -11.4. The van der Waals surface area contributed by atoms with E-state index in [-0.39, 0.29) is 82.2 Å². The summed E-state index contributed by atoms with van der Waals surface area (Å²) in [6.07, 6.45) is -0.760. The van der Waals surface area contributed by atoms with Gasteiger partial charge in [-0.25, -0.2) is 4.79 Å². The van der Waals surface area contributed by atoms with Crippen LogP contribution in [0.25, 0.3) is 0 Å². The van der Waals surface area contributed by atoms with Crippen LogP contribution in [0, 0.1) is 29.1 Å². The number of carbonyl (C=O) groups excluding carboxylic acids is 19. The number of aliphatic hydroxyl groups excluding tert-OH is 6. The Balaban J connectivity index is 1.70. The molecule has 0 spiro atoms. The number of nitrogens with zero attached hydrogens (tertiary/aromatic N) is 1. The molecule has 140 heavy (non-hydrogen) atoms. The van der Waals surface area contributed by atoms with Gasteiger partial charge in [0, 0.05) is 31.7 Å². The van der Waals surface area contributed by atoms with Gasteiger partial charge >= 0.3 is 5.97 Å². The number of amides is 19. The highest BCUT2D eigenvalue weighted by atomic mass is 32.1. The van der Waals surface area contributed by atoms with Crippen LogP contribution in [0.5, 0.6) is 0 Å². The number of thiol groups is 1. The number of likely N-dealkylation sites (tertiary alicyclic amines) is 1. The van der Waals surface area contributed by atoms with E-state index in [0.717, 1.165) is 6.92 Å². The Hall–Kier alpha value is -12.9. The molecule has 1 aliphatic heterocycles. The highest BCUT2D eigenvalue weighted by molar-refractivity contribution is 7.80. The van der Waals surface area contributed by atoms with Gasteiger partial charge < -0.3 is 159 Å². The van der Waals surface area contributed by atoms with Gasteiger partial charge in [-0.15, -0.1) is 0 Å². The fourth-order valence-corrected chi connectivity index (χ4v) is 14.1. The summed E-state index contributed by atoms with van der Waals surface area (Å²) in [4.78, 5) is 274. The van der Waals surface area contributed by atoms with E-state index in [0.29, 0.717) is 36.9 Å². The number of guanidine groups is 1. The molecular weight excluding hydrogens is 1860 g/mol. The zero-order chi connectivity index (χ0) is 105. The summed E-state index contributed by atoms with van der Waals surface area (Å²) in [7, 11) is 0. The summed E-state index contributed by atoms with van der Waals surface area (Å²) in [6, 6.07) is -10.2. The van der Waals surface area contributed by atoms with Crippen molar-refractivity contribution in [1.82, 2.24) is 106 Å². The number of unbranched alkanes of at least 4 members (excludes halogenated alkanes) is 1. The van der Waals surface area contributed by atoms with E-state index in [1.54, 1.807) is 102 Å². The van der Waals surface area contributed by atoms with Gasteiger partial charge in [0.05, 0.1) is 64.8 Å². The van der Waals surface area contributed by atoms with Crippen LogP contribution in [0.15, 0.2) is 60.7 Å². The molecule has 1 fully saturated rings. The average molecular weight is 2000 g/mol. The first-order valence-electron chi connectivity index (χ1n) is 45.9. The molecule has 0 aromatic heterocycles. The molecule has 0 saturated carbocycles.